The van der Waals surface area contributed by atoms with Crippen molar-refractivity contribution >= 4 is 0 Å². The standard InChI is InChI=1S/C11H19N3O/c1-8-6-14(4-3-11(8)12)7-10-5-9(2)15-13-10/h5,8,11H,3-4,6-7,12H2,1-2H3. The number of hydrogen-bond acceptors (Lipinski definition) is 4. The molecule has 0 bridgehead atoms. The summed E-state index contributed by atoms with van der Waals surface area (Å²) in [6, 6.07) is 2.36. The highest BCUT2D eigenvalue weighted by Crippen LogP contribution is 2.17. The first-order valence-electron chi connectivity index (χ1n) is 5.55. The van der Waals surface area contributed by atoms with E-state index in [4.69, 9.17) is 10.3 Å². The van der Waals surface area contributed by atoms with E-state index >= 15 is 0 Å². The molecule has 1 aliphatic rings. The molecule has 15 heavy (non-hydrogen) atoms. The molecular weight excluding hydrogens is 190 g/mol. The lowest BCUT2D eigenvalue weighted by Gasteiger charge is -2.34. The molecule has 1 aromatic rings. The van der Waals surface area contributed by atoms with Gasteiger partial charge in [0.15, 0.2) is 0 Å². The Bertz CT molecular complexity index is 323. The molecule has 84 valence electrons. The van der Waals surface area contributed by atoms with E-state index in [-0.39, 0.29) is 0 Å². The van der Waals surface area contributed by atoms with Crippen LogP contribution in [0.5, 0.6) is 0 Å². The summed E-state index contributed by atoms with van der Waals surface area (Å²) in [6.07, 6.45) is 1.08. The maximum Gasteiger partial charge on any atom is 0.133 e. The van der Waals surface area contributed by atoms with E-state index in [9.17, 15) is 0 Å². The minimum atomic E-state index is 0.361. The van der Waals surface area contributed by atoms with Gasteiger partial charge in [0.1, 0.15) is 5.76 Å². The number of aromatic nitrogens is 1. The van der Waals surface area contributed by atoms with Gasteiger partial charge in [-0.3, -0.25) is 4.90 Å². The van der Waals surface area contributed by atoms with E-state index in [2.05, 4.69) is 17.0 Å². The highest BCUT2D eigenvalue weighted by atomic mass is 16.5. The number of nitrogens with zero attached hydrogens (tertiary/aromatic N) is 2. The smallest absolute Gasteiger partial charge is 0.133 e. The molecule has 0 aromatic carbocycles. The summed E-state index contributed by atoms with van der Waals surface area (Å²) in [5.74, 6) is 1.46. The van der Waals surface area contributed by atoms with Gasteiger partial charge in [-0.2, -0.15) is 0 Å². The molecule has 1 saturated heterocycles. The van der Waals surface area contributed by atoms with E-state index in [1.807, 2.05) is 13.0 Å². The highest BCUT2D eigenvalue weighted by Gasteiger charge is 2.23. The molecule has 0 amide bonds. The average Bonchev–Trinajstić information content (AvgIpc) is 2.58. The summed E-state index contributed by atoms with van der Waals surface area (Å²) in [7, 11) is 0. The number of nitrogens with two attached hydrogens (primary N) is 1. The molecule has 1 fully saturated rings. The predicted octanol–water partition coefficient (Wildman–Crippen LogP) is 1.15. The first kappa shape index (κ1) is 10.6. The van der Waals surface area contributed by atoms with Crippen LogP contribution < -0.4 is 5.73 Å². The summed E-state index contributed by atoms with van der Waals surface area (Å²) < 4.78 is 5.05. The van der Waals surface area contributed by atoms with Crippen LogP contribution in [0.3, 0.4) is 0 Å². The third-order valence-corrected chi connectivity index (χ3v) is 3.12. The summed E-state index contributed by atoms with van der Waals surface area (Å²) in [5.41, 5.74) is 7.00. The van der Waals surface area contributed by atoms with Crippen molar-refractivity contribution in [2.45, 2.75) is 32.9 Å². The monoisotopic (exact) mass is 209 g/mol. The van der Waals surface area contributed by atoms with Crippen molar-refractivity contribution in [1.82, 2.24) is 10.1 Å². The van der Waals surface area contributed by atoms with Gasteiger partial charge >= 0.3 is 0 Å². The normalized spacial score (nSPS) is 28.2. The Labute approximate surface area is 90.4 Å². The van der Waals surface area contributed by atoms with Gasteiger partial charge in [0.2, 0.25) is 0 Å². The van der Waals surface area contributed by atoms with E-state index in [1.165, 1.54) is 0 Å². The Morgan fingerprint density at radius 1 is 1.67 bits per heavy atom. The summed E-state index contributed by atoms with van der Waals surface area (Å²) in [4.78, 5) is 2.39. The fraction of sp³-hybridized carbons (Fsp3) is 0.727. The average molecular weight is 209 g/mol. The number of rotatable bonds is 2. The molecule has 0 spiro atoms. The number of aryl methyl sites for hydroxylation is 1. The first-order chi connectivity index (χ1) is 7.15. The first-order valence-corrected chi connectivity index (χ1v) is 5.55. The predicted molar refractivity (Wildman–Crippen MR) is 58.3 cm³/mol. The van der Waals surface area contributed by atoms with Gasteiger partial charge in [0, 0.05) is 31.7 Å². The lowest BCUT2D eigenvalue weighted by molar-refractivity contribution is 0.154. The van der Waals surface area contributed by atoms with Gasteiger partial charge in [-0.25, -0.2) is 0 Å². The quantitative estimate of drug-likeness (QED) is 0.794. The minimum Gasteiger partial charge on any atom is -0.361 e. The van der Waals surface area contributed by atoms with Crippen LogP contribution in [-0.4, -0.2) is 29.2 Å². The summed E-state index contributed by atoms with van der Waals surface area (Å²) in [6.45, 7) is 7.15. The Morgan fingerprint density at radius 3 is 3.07 bits per heavy atom. The molecule has 1 aromatic heterocycles. The van der Waals surface area contributed by atoms with Crippen LogP contribution in [0, 0.1) is 12.8 Å². The van der Waals surface area contributed by atoms with Gasteiger partial charge < -0.3 is 10.3 Å². The summed E-state index contributed by atoms with van der Waals surface area (Å²) in [5, 5.41) is 4.01. The molecular formula is C11H19N3O. The van der Waals surface area contributed by atoms with Crippen LogP contribution in [-0.2, 0) is 6.54 Å². The van der Waals surface area contributed by atoms with Crippen molar-refractivity contribution in [3.63, 3.8) is 0 Å². The maximum atomic E-state index is 5.98. The minimum absolute atomic E-state index is 0.361. The molecule has 2 rings (SSSR count). The Hall–Kier alpha value is -0.870. The second-order valence-corrected chi connectivity index (χ2v) is 4.59. The molecule has 2 atom stereocenters. The zero-order valence-corrected chi connectivity index (χ0v) is 9.44. The molecule has 2 unspecified atom stereocenters. The Balaban J connectivity index is 1.90. The van der Waals surface area contributed by atoms with Gasteiger partial charge in [0.05, 0.1) is 5.69 Å². The van der Waals surface area contributed by atoms with Gasteiger partial charge in [-0.15, -0.1) is 0 Å². The Kier molecular flexibility index (Phi) is 3.07. The fourth-order valence-electron chi connectivity index (χ4n) is 2.12. The van der Waals surface area contributed by atoms with Crippen LogP contribution in [0.1, 0.15) is 24.8 Å². The van der Waals surface area contributed by atoms with Gasteiger partial charge in [-0.05, 0) is 19.3 Å². The maximum absolute atomic E-state index is 5.98. The number of hydrogen-bond donors (Lipinski definition) is 1. The van der Waals surface area contributed by atoms with Crippen molar-refractivity contribution in [2.24, 2.45) is 11.7 Å². The van der Waals surface area contributed by atoms with E-state index in [1.54, 1.807) is 0 Å². The van der Waals surface area contributed by atoms with Crippen LogP contribution >= 0.6 is 0 Å². The number of piperidine rings is 1. The van der Waals surface area contributed by atoms with E-state index in [0.717, 1.165) is 37.5 Å². The molecule has 1 aliphatic heterocycles. The molecule has 0 aliphatic carbocycles. The van der Waals surface area contributed by atoms with Crippen LogP contribution in [0.15, 0.2) is 10.6 Å². The second-order valence-electron chi connectivity index (χ2n) is 4.59. The molecule has 2 heterocycles. The molecule has 0 radical (unpaired) electrons. The summed E-state index contributed by atoms with van der Waals surface area (Å²) >= 11 is 0. The lowest BCUT2D eigenvalue weighted by Crippen LogP contribution is -2.45. The van der Waals surface area contributed by atoms with Gasteiger partial charge in [-0.1, -0.05) is 12.1 Å². The second kappa shape index (κ2) is 4.33. The Morgan fingerprint density at radius 2 is 2.47 bits per heavy atom. The molecule has 2 N–H and O–H groups in total. The van der Waals surface area contributed by atoms with Crippen molar-refractivity contribution in [3.05, 3.63) is 17.5 Å². The van der Waals surface area contributed by atoms with E-state index < -0.39 is 0 Å². The van der Waals surface area contributed by atoms with Crippen molar-refractivity contribution in [3.8, 4) is 0 Å². The van der Waals surface area contributed by atoms with Crippen LogP contribution in [0.4, 0.5) is 0 Å². The van der Waals surface area contributed by atoms with Gasteiger partial charge in [0.25, 0.3) is 0 Å². The lowest BCUT2D eigenvalue weighted by atomic mass is 9.95. The van der Waals surface area contributed by atoms with Crippen molar-refractivity contribution in [2.75, 3.05) is 13.1 Å². The molecule has 0 saturated carbocycles. The SMILES string of the molecule is Cc1cc(CN2CCC(N)C(C)C2)no1. The largest absolute Gasteiger partial charge is 0.361 e. The molecule has 4 nitrogen and oxygen atoms in total. The third kappa shape index (κ3) is 2.58. The van der Waals surface area contributed by atoms with Crippen LogP contribution in [0.25, 0.3) is 0 Å². The third-order valence-electron chi connectivity index (χ3n) is 3.12. The van der Waals surface area contributed by atoms with Crippen molar-refractivity contribution < 1.29 is 4.52 Å². The van der Waals surface area contributed by atoms with Crippen LogP contribution in [0.2, 0.25) is 0 Å². The fourth-order valence-corrected chi connectivity index (χ4v) is 2.12. The zero-order chi connectivity index (χ0) is 10.8. The number of likely N-dealkylation sites (tertiary alicyclic amines) is 1. The topological polar surface area (TPSA) is 55.3 Å². The highest BCUT2D eigenvalue weighted by molar-refractivity contribution is 5.03. The van der Waals surface area contributed by atoms with Crippen molar-refractivity contribution in [1.29, 1.82) is 0 Å². The zero-order valence-electron chi connectivity index (χ0n) is 9.44. The van der Waals surface area contributed by atoms with E-state index in [0.29, 0.717) is 12.0 Å². The molecule has 4 heteroatoms.